The molecule has 0 spiro atoms. The zero-order valence-electron chi connectivity index (χ0n) is 12.7. The maximum Gasteiger partial charge on any atom is 0.191 e. The largest absolute Gasteiger partial charge is 0.492 e. The Morgan fingerprint density at radius 2 is 1.90 bits per heavy atom. The van der Waals surface area contributed by atoms with Crippen LogP contribution in [0.25, 0.3) is 0 Å². The SMILES string of the molecule is CN=C(NCCCCSC)NCCOc1ccc(Br)cc1. The van der Waals surface area contributed by atoms with E-state index in [-0.39, 0.29) is 0 Å². The summed E-state index contributed by atoms with van der Waals surface area (Å²) in [5.41, 5.74) is 0. The van der Waals surface area contributed by atoms with Crippen molar-refractivity contribution in [3.05, 3.63) is 28.7 Å². The highest BCUT2D eigenvalue weighted by Crippen LogP contribution is 2.15. The molecule has 0 radical (unpaired) electrons. The molecule has 0 saturated carbocycles. The molecule has 1 aromatic carbocycles. The van der Waals surface area contributed by atoms with Crippen molar-refractivity contribution < 1.29 is 4.74 Å². The van der Waals surface area contributed by atoms with Crippen molar-refractivity contribution in [2.45, 2.75) is 12.8 Å². The molecule has 1 rings (SSSR count). The molecule has 0 amide bonds. The van der Waals surface area contributed by atoms with Crippen LogP contribution < -0.4 is 15.4 Å². The van der Waals surface area contributed by atoms with Crippen molar-refractivity contribution in [1.82, 2.24) is 10.6 Å². The summed E-state index contributed by atoms with van der Waals surface area (Å²) in [7, 11) is 1.78. The van der Waals surface area contributed by atoms with E-state index in [0.29, 0.717) is 6.61 Å². The van der Waals surface area contributed by atoms with Crippen molar-refractivity contribution in [1.29, 1.82) is 0 Å². The van der Waals surface area contributed by atoms with Crippen molar-refractivity contribution in [3.8, 4) is 5.75 Å². The quantitative estimate of drug-likeness (QED) is 0.396. The molecule has 1 aromatic rings. The van der Waals surface area contributed by atoms with E-state index in [9.17, 15) is 0 Å². The predicted octanol–water partition coefficient (Wildman–Crippen LogP) is 3.14. The fourth-order valence-electron chi connectivity index (χ4n) is 1.67. The molecule has 6 heteroatoms. The Morgan fingerprint density at radius 3 is 2.57 bits per heavy atom. The van der Waals surface area contributed by atoms with Crippen molar-refractivity contribution in [2.75, 3.05) is 38.8 Å². The number of benzene rings is 1. The number of thioether (sulfide) groups is 1. The van der Waals surface area contributed by atoms with Gasteiger partial charge in [-0.1, -0.05) is 15.9 Å². The maximum atomic E-state index is 5.64. The second kappa shape index (κ2) is 11.7. The molecular weight excluding hydrogens is 350 g/mol. The highest BCUT2D eigenvalue weighted by Gasteiger charge is 1.97. The Kier molecular flexibility index (Phi) is 10.2. The summed E-state index contributed by atoms with van der Waals surface area (Å²) in [6.45, 7) is 2.28. The van der Waals surface area contributed by atoms with E-state index in [2.05, 4.69) is 37.8 Å². The highest BCUT2D eigenvalue weighted by atomic mass is 79.9. The second-order valence-electron chi connectivity index (χ2n) is 4.43. The van der Waals surface area contributed by atoms with Gasteiger partial charge in [0.1, 0.15) is 12.4 Å². The van der Waals surface area contributed by atoms with Crippen LogP contribution in [0, 0.1) is 0 Å². The van der Waals surface area contributed by atoms with Crippen LogP contribution in [0.4, 0.5) is 0 Å². The predicted molar refractivity (Wildman–Crippen MR) is 96.6 cm³/mol. The van der Waals surface area contributed by atoms with Crippen LogP contribution in [0.1, 0.15) is 12.8 Å². The molecule has 118 valence electrons. The zero-order chi connectivity index (χ0) is 15.3. The van der Waals surface area contributed by atoms with Gasteiger partial charge in [-0.05, 0) is 49.1 Å². The normalized spacial score (nSPS) is 11.3. The number of rotatable bonds is 9. The van der Waals surface area contributed by atoms with E-state index in [1.807, 2.05) is 36.0 Å². The van der Waals surface area contributed by atoms with Gasteiger partial charge in [0, 0.05) is 18.1 Å². The van der Waals surface area contributed by atoms with Crippen molar-refractivity contribution >= 4 is 33.7 Å². The van der Waals surface area contributed by atoms with Gasteiger partial charge in [-0.3, -0.25) is 4.99 Å². The second-order valence-corrected chi connectivity index (χ2v) is 6.33. The van der Waals surface area contributed by atoms with E-state index in [0.717, 1.165) is 35.7 Å². The average molecular weight is 374 g/mol. The van der Waals surface area contributed by atoms with Gasteiger partial charge in [0.25, 0.3) is 0 Å². The number of nitrogens with zero attached hydrogens (tertiary/aromatic N) is 1. The summed E-state index contributed by atoms with van der Waals surface area (Å²) >= 11 is 5.29. The van der Waals surface area contributed by atoms with Crippen LogP contribution in [0.2, 0.25) is 0 Å². The molecule has 2 N–H and O–H groups in total. The molecule has 0 heterocycles. The molecule has 4 nitrogen and oxygen atoms in total. The Morgan fingerprint density at radius 1 is 1.19 bits per heavy atom. The minimum atomic E-state index is 0.606. The van der Waals surface area contributed by atoms with Crippen LogP contribution in [0.5, 0.6) is 5.75 Å². The summed E-state index contributed by atoms with van der Waals surface area (Å²) in [6.07, 6.45) is 4.54. The molecule has 0 aromatic heterocycles. The lowest BCUT2D eigenvalue weighted by molar-refractivity contribution is 0.322. The fraction of sp³-hybridized carbons (Fsp3) is 0.533. The van der Waals surface area contributed by atoms with Crippen molar-refractivity contribution in [3.63, 3.8) is 0 Å². The number of nitrogens with one attached hydrogen (secondary N) is 2. The number of halogens is 1. The van der Waals surface area contributed by atoms with Gasteiger partial charge in [0.05, 0.1) is 6.54 Å². The smallest absolute Gasteiger partial charge is 0.191 e. The highest BCUT2D eigenvalue weighted by molar-refractivity contribution is 9.10. The molecule has 0 aliphatic heterocycles. The Balaban J connectivity index is 2.10. The van der Waals surface area contributed by atoms with Gasteiger partial charge in [-0.25, -0.2) is 0 Å². The molecule has 0 bridgehead atoms. The third kappa shape index (κ3) is 8.88. The number of ether oxygens (including phenoxy) is 1. The summed E-state index contributed by atoms with van der Waals surface area (Å²) < 4.78 is 6.70. The number of aliphatic imine (C=N–C) groups is 1. The summed E-state index contributed by atoms with van der Waals surface area (Å²) in [4.78, 5) is 4.19. The van der Waals surface area contributed by atoms with Gasteiger partial charge in [0.2, 0.25) is 0 Å². The third-order valence-corrected chi connectivity index (χ3v) is 3.99. The standard InChI is InChI=1S/C15H24BrN3OS/c1-17-15(18-9-3-4-12-21-2)19-10-11-20-14-7-5-13(16)6-8-14/h5-8H,3-4,9-12H2,1-2H3,(H2,17,18,19). The lowest BCUT2D eigenvalue weighted by Crippen LogP contribution is -2.39. The topological polar surface area (TPSA) is 45.7 Å². The molecule has 0 unspecified atom stereocenters. The monoisotopic (exact) mass is 373 g/mol. The first-order valence-corrected chi connectivity index (χ1v) is 9.26. The van der Waals surface area contributed by atoms with Crippen LogP contribution >= 0.6 is 27.7 Å². The fourth-order valence-corrected chi connectivity index (χ4v) is 2.43. The van der Waals surface area contributed by atoms with Gasteiger partial charge in [-0.15, -0.1) is 0 Å². The maximum absolute atomic E-state index is 5.64. The molecule has 0 atom stereocenters. The summed E-state index contributed by atoms with van der Waals surface area (Å²) in [5.74, 6) is 2.92. The lowest BCUT2D eigenvalue weighted by atomic mass is 10.3. The molecule has 0 saturated heterocycles. The van der Waals surface area contributed by atoms with Crippen LogP contribution in [0.3, 0.4) is 0 Å². The lowest BCUT2D eigenvalue weighted by Gasteiger charge is -2.12. The minimum absolute atomic E-state index is 0.606. The summed E-state index contributed by atoms with van der Waals surface area (Å²) in [5, 5.41) is 6.54. The number of hydrogen-bond donors (Lipinski definition) is 2. The molecule has 0 fully saturated rings. The number of hydrogen-bond acceptors (Lipinski definition) is 3. The number of guanidine groups is 1. The van der Waals surface area contributed by atoms with Crippen molar-refractivity contribution in [2.24, 2.45) is 4.99 Å². The van der Waals surface area contributed by atoms with Crippen LogP contribution in [-0.2, 0) is 0 Å². The van der Waals surface area contributed by atoms with Crippen LogP contribution in [-0.4, -0.2) is 44.7 Å². The van der Waals surface area contributed by atoms with E-state index >= 15 is 0 Å². The third-order valence-electron chi connectivity index (χ3n) is 2.77. The minimum Gasteiger partial charge on any atom is -0.492 e. The van der Waals surface area contributed by atoms with Gasteiger partial charge in [0.15, 0.2) is 5.96 Å². The first-order chi connectivity index (χ1) is 10.3. The molecule has 21 heavy (non-hydrogen) atoms. The average Bonchev–Trinajstić information content (AvgIpc) is 2.51. The first-order valence-electron chi connectivity index (χ1n) is 7.08. The van der Waals surface area contributed by atoms with E-state index in [1.54, 1.807) is 7.05 Å². The Hall–Kier alpha value is -0.880. The molecular formula is C15H24BrN3OS. The van der Waals surface area contributed by atoms with E-state index in [1.165, 1.54) is 12.2 Å². The molecule has 0 aliphatic rings. The van der Waals surface area contributed by atoms with E-state index < -0.39 is 0 Å². The van der Waals surface area contributed by atoms with E-state index in [4.69, 9.17) is 4.74 Å². The summed E-state index contributed by atoms with van der Waals surface area (Å²) in [6, 6.07) is 7.83. The Labute approximate surface area is 140 Å². The van der Waals surface area contributed by atoms with Crippen LogP contribution in [0.15, 0.2) is 33.7 Å². The Bertz CT molecular complexity index is 412. The van der Waals surface area contributed by atoms with Gasteiger partial charge >= 0.3 is 0 Å². The number of unbranched alkanes of at least 4 members (excludes halogenated alkanes) is 1. The van der Waals surface area contributed by atoms with Gasteiger partial charge < -0.3 is 15.4 Å². The first kappa shape index (κ1) is 18.2. The molecule has 0 aliphatic carbocycles. The zero-order valence-corrected chi connectivity index (χ0v) is 15.1. The van der Waals surface area contributed by atoms with Gasteiger partial charge in [-0.2, -0.15) is 11.8 Å².